The first-order chi connectivity index (χ1) is 13.0. The van der Waals surface area contributed by atoms with Gasteiger partial charge in [0.1, 0.15) is 5.82 Å². The second-order valence-electron chi connectivity index (χ2n) is 7.50. The number of rotatable bonds is 2. The van der Waals surface area contributed by atoms with Crippen LogP contribution in [0.25, 0.3) is 10.9 Å². The molecule has 3 heterocycles. The van der Waals surface area contributed by atoms with Crippen molar-refractivity contribution in [1.82, 2.24) is 14.5 Å². The van der Waals surface area contributed by atoms with Crippen molar-refractivity contribution >= 4 is 22.8 Å². The highest BCUT2D eigenvalue weighted by atomic mass is 16.4. The predicted octanol–water partition coefficient (Wildman–Crippen LogP) is 2.06. The molecule has 27 heavy (non-hydrogen) atoms. The van der Waals surface area contributed by atoms with Crippen LogP contribution in [0.4, 0.5) is 0 Å². The Balaban J connectivity index is 1.70. The molecule has 1 aromatic carbocycles. The van der Waals surface area contributed by atoms with E-state index in [1.807, 2.05) is 0 Å². The Kier molecular flexibility index (Phi) is 4.45. The van der Waals surface area contributed by atoms with Crippen molar-refractivity contribution in [2.45, 2.75) is 51.6 Å². The molecule has 2 aliphatic rings. The molecule has 1 fully saturated rings. The lowest BCUT2D eigenvalue weighted by molar-refractivity contribution is -0.142. The fraction of sp³-hybridized carbons (Fsp3) is 0.500. The van der Waals surface area contributed by atoms with Crippen LogP contribution in [-0.2, 0) is 17.8 Å². The first-order valence-corrected chi connectivity index (χ1v) is 9.54. The van der Waals surface area contributed by atoms with Crippen LogP contribution in [0.2, 0.25) is 0 Å². The fourth-order valence-corrected chi connectivity index (χ4v) is 4.27. The molecule has 7 heteroatoms. The molecule has 4 rings (SSSR count). The quantitative estimate of drug-likeness (QED) is 0.875. The van der Waals surface area contributed by atoms with Gasteiger partial charge in [0.2, 0.25) is 0 Å². The van der Waals surface area contributed by atoms with Crippen LogP contribution in [0.3, 0.4) is 0 Å². The predicted molar refractivity (Wildman–Crippen MR) is 99.8 cm³/mol. The number of benzene rings is 1. The van der Waals surface area contributed by atoms with Crippen molar-refractivity contribution in [3.8, 4) is 0 Å². The van der Waals surface area contributed by atoms with Gasteiger partial charge in [-0.2, -0.15) is 0 Å². The molecule has 1 amide bonds. The summed E-state index contributed by atoms with van der Waals surface area (Å²) in [7, 11) is 0. The van der Waals surface area contributed by atoms with E-state index >= 15 is 0 Å². The summed E-state index contributed by atoms with van der Waals surface area (Å²) in [6.45, 7) is 2.89. The average Bonchev–Trinajstić information content (AvgIpc) is 2.88. The number of aromatic nitrogens is 2. The third-order valence-corrected chi connectivity index (χ3v) is 5.90. The molecule has 0 radical (unpaired) electrons. The molecule has 142 valence electrons. The van der Waals surface area contributed by atoms with Gasteiger partial charge in [-0.25, -0.2) is 4.98 Å². The molecule has 0 saturated carbocycles. The maximum absolute atomic E-state index is 12.9. The highest BCUT2D eigenvalue weighted by molar-refractivity contribution is 5.98. The van der Waals surface area contributed by atoms with Gasteiger partial charge in [-0.15, -0.1) is 0 Å². The van der Waals surface area contributed by atoms with Gasteiger partial charge in [0.25, 0.3) is 11.5 Å². The minimum Gasteiger partial charge on any atom is -0.481 e. The Bertz CT molecular complexity index is 981. The zero-order valence-electron chi connectivity index (χ0n) is 15.4. The number of carbonyl (C=O) groups is 2. The van der Waals surface area contributed by atoms with Gasteiger partial charge in [0.15, 0.2) is 0 Å². The van der Waals surface area contributed by atoms with Gasteiger partial charge in [-0.3, -0.25) is 19.0 Å². The zero-order valence-corrected chi connectivity index (χ0v) is 15.4. The molecule has 1 saturated heterocycles. The number of fused-ring (bicyclic) bond motifs is 2. The summed E-state index contributed by atoms with van der Waals surface area (Å²) in [6, 6.07) is 4.64. The van der Waals surface area contributed by atoms with E-state index < -0.39 is 11.9 Å². The van der Waals surface area contributed by atoms with E-state index in [0.717, 1.165) is 31.5 Å². The first-order valence-electron chi connectivity index (χ1n) is 9.54. The molecule has 2 aliphatic heterocycles. The number of carbonyl (C=O) groups excluding carboxylic acids is 1. The normalized spacial score (nSPS) is 22.5. The molecule has 1 aromatic heterocycles. The summed E-state index contributed by atoms with van der Waals surface area (Å²) in [4.78, 5) is 43.3. The van der Waals surface area contributed by atoms with E-state index in [1.165, 1.54) is 0 Å². The highest BCUT2D eigenvalue weighted by Gasteiger charge is 2.38. The molecule has 1 N–H and O–H groups in total. The van der Waals surface area contributed by atoms with E-state index in [9.17, 15) is 19.5 Å². The van der Waals surface area contributed by atoms with Crippen molar-refractivity contribution < 1.29 is 14.7 Å². The molecule has 0 spiro atoms. The first kappa shape index (κ1) is 17.7. The maximum Gasteiger partial charge on any atom is 0.308 e. The summed E-state index contributed by atoms with van der Waals surface area (Å²) in [6.07, 6.45) is 4.31. The minimum absolute atomic E-state index is 0.0450. The van der Waals surface area contributed by atoms with Gasteiger partial charge in [0, 0.05) is 31.1 Å². The van der Waals surface area contributed by atoms with E-state index in [4.69, 9.17) is 0 Å². The Morgan fingerprint density at radius 2 is 2.00 bits per heavy atom. The largest absolute Gasteiger partial charge is 0.481 e. The lowest BCUT2D eigenvalue weighted by atomic mass is 10.0. The SMILES string of the molecule is CC1C(C(=O)O)CCN1C(=O)c1ccc2c(=O)n3c(nc2c1)CCCCC3. The second-order valence-corrected chi connectivity index (χ2v) is 7.50. The van der Waals surface area contributed by atoms with Crippen LogP contribution < -0.4 is 5.56 Å². The lowest BCUT2D eigenvalue weighted by Crippen LogP contribution is -2.37. The van der Waals surface area contributed by atoms with Crippen LogP contribution in [0.15, 0.2) is 23.0 Å². The number of aliphatic carboxylic acids is 1. The van der Waals surface area contributed by atoms with Gasteiger partial charge in [-0.05, 0) is 44.4 Å². The van der Waals surface area contributed by atoms with Crippen molar-refractivity contribution in [3.63, 3.8) is 0 Å². The molecular weight excluding hydrogens is 346 g/mol. The second kappa shape index (κ2) is 6.79. The number of carboxylic acids is 1. The van der Waals surface area contributed by atoms with E-state index in [1.54, 1.807) is 34.6 Å². The Morgan fingerprint density at radius 3 is 2.74 bits per heavy atom. The Hall–Kier alpha value is -2.70. The molecule has 7 nitrogen and oxygen atoms in total. The number of nitrogens with zero attached hydrogens (tertiary/aromatic N) is 3. The standard InChI is InChI=1S/C20H23N3O4/c1-12-14(20(26)27)8-10-22(12)18(24)13-6-7-15-16(11-13)21-17-5-3-2-4-9-23(17)19(15)25/h6-7,11-12,14H,2-5,8-10H2,1H3,(H,26,27). The van der Waals surface area contributed by atoms with Crippen LogP contribution in [0, 0.1) is 5.92 Å². The van der Waals surface area contributed by atoms with Gasteiger partial charge < -0.3 is 10.0 Å². The number of aryl methyl sites for hydroxylation is 1. The average molecular weight is 369 g/mol. The third kappa shape index (κ3) is 3.01. The molecule has 2 aromatic rings. The van der Waals surface area contributed by atoms with Crippen LogP contribution >= 0.6 is 0 Å². The van der Waals surface area contributed by atoms with Crippen molar-refractivity contribution in [1.29, 1.82) is 0 Å². The van der Waals surface area contributed by atoms with Crippen molar-refractivity contribution in [2.75, 3.05) is 6.54 Å². The summed E-state index contributed by atoms with van der Waals surface area (Å²) < 4.78 is 1.76. The summed E-state index contributed by atoms with van der Waals surface area (Å²) in [5.41, 5.74) is 0.947. The van der Waals surface area contributed by atoms with Crippen molar-refractivity contribution in [2.24, 2.45) is 5.92 Å². The maximum atomic E-state index is 12.9. The third-order valence-electron chi connectivity index (χ3n) is 5.90. The van der Waals surface area contributed by atoms with E-state index in [0.29, 0.717) is 36.0 Å². The number of hydrogen-bond acceptors (Lipinski definition) is 4. The fourth-order valence-electron chi connectivity index (χ4n) is 4.27. The minimum atomic E-state index is -0.867. The number of amides is 1. The summed E-state index contributed by atoms with van der Waals surface area (Å²) in [5, 5.41) is 9.80. The van der Waals surface area contributed by atoms with E-state index in [-0.39, 0.29) is 17.5 Å². The zero-order chi connectivity index (χ0) is 19.1. The molecule has 2 unspecified atom stereocenters. The summed E-state index contributed by atoms with van der Waals surface area (Å²) >= 11 is 0. The monoisotopic (exact) mass is 369 g/mol. The topological polar surface area (TPSA) is 92.5 Å². The van der Waals surface area contributed by atoms with Gasteiger partial charge >= 0.3 is 5.97 Å². The molecule has 0 bridgehead atoms. The Labute approximate surface area is 156 Å². The van der Waals surface area contributed by atoms with E-state index in [2.05, 4.69) is 4.98 Å². The smallest absolute Gasteiger partial charge is 0.308 e. The number of hydrogen-bond donors (Lipinski definition) is 1. The molecule has 2 atom stereocenters. The van der Waals surface area contributed by atoms with Gasteiger partial charge in [-0.1, -0.05) is 6.42 Å². The van der Waals surface area contributed by atoms with Crippen LogP contribution in [0.1, 0.15) is 48.8 Å². The summed E-state index contributed by atoms with van der Waals surface area (Å²) in [5.74, 6) is -0.818. The Morgan fingerprint density at radius 1 is 1.19 bits per heavy atom. The highest BCUT2D eigenvalue weighted by Crippen LogP contribution is 2.26. The molecular formula is C20H23N3O4. The molecule has 0 aliphatic carbocycles. The number of likely N-dealkylation sites (tertiary alicyclic amines) is 1. The number of carboxylic acid groups (broad SMARTS) is 1. The lowest BCUT2D eigenvalue weighted by Gasteiger charge is -2.23. The van der Waals surface area contributed by atoms with Crippen LogP contribution in [-0.4, -0.2) is 44.0 Å². The van der Waals surface area contributed by atoms with Crippen LogP contribution in [0.5, 0.6) is 0 Å². The van der Waals surface area contributed by atoms with Gasteiger partial charge in [0.05, 0.1) is 16.8 Å². The van der Waals surface area contributed by atoms with Crippen molar-refractivity contribution in [3.05, 3.63) is 39.9 Å².